The molecular formula is C15H13NO2. The molecule has 2 aromatic rings. The lowest BCUT2D eigenvalue weighted by atomic mass is 10.0. The van der Waals surface area contributed by atoms with Crippen molar-refractivity contribution in [3.63, 3.8) is 0 Å². The van der Waals surface area contributed by atoms with Gasteiger partial charge in [-0.05, 0) is 36.2 Å². The van der Waals surface area contributed by atoms with Crippen molar-refractivity contribution in [2.24, 2.45) is 0 Å². The van der Waals surface area contributed by atoms with Crippen molar-refractivity contribution in [1.29, 1.82) is 0 Å². The summed E-state index contributed by atoms with van der Waals surface area (Å²) in [5.41, 5.74) is 1.75. The molecule has 1 aliphatic rings. The zero-order chi connectivity index (χ0) is 12.4. The molecule has 0 amide bonds. The van der Waals surface area contributed by atoms with Gasteiger partial charge in [-0.2, -0.15) is 0 Å². The maximum atomic E-state index is 12.0. The number of pyridine rings is 1. The Morgan fingerprint density at radius 2 is 1.89 bits per heavy atom. The fourth-order valence-corrected chi connectivity index (χ4v) is 2.22. The van der Waals surface area contributed by atoms with Crippen LogP contribution in [-0.2, 0) is 0 Å². The van der Waals surface area contributed by atoms with Crippen LogP contribution in [0.1, 0.15) is 34.9 Å². The zero-order valence-corrected chi connectivity index (χ0v) is 9.87. The quantitative estimate of drug-likeness (QED) is 0.767. The van der Waals surface area contributed by atoms with E-state index in [1.54, 1.807) is 12.4 Å². The minimum atomic E-state index is -0.0689. The first-order valence-electron chi connectivity index (χ1n) is 6.03. The Hall–Kier alpha value is -2.16. The van der Waals surface area contributed by atoms with Crippen LogP contribution in [0.4, 0.5) is 0 Å². The molecule has 1 unspecified atom stereocenters. The lowest BCUT2D eigenvalue weighted by Crippen LogP contribution is -2.06. The zero-order valence-electron chi connectivity index (χ0n) is 9.87. The van der Waals surface area contributed by atoms with E-state index in [9.17, 15) is 4.79 Å². The van der Waals surface area contributed by atoms with Crippen LogP contribution in [0.5, 0.6) is 5.75 Å². The third-order valence-electron chi connectivity index (χ3n) is 3.17. The second-order valence-corrected chi connectivity index (χ2v) is 4.35. The van der Waals surface area contributed by atoms with Gasteiger partial charge in [0.05, 0.1) is 5.56 Å². The summed E-state index contributed by atoms with van der Waals surface area (Å²) in [6.07, 6.45) is 4.65. The number of carbonyl (C=O) groups is 1. The van der Waals surface area contributed by atoms with Gasteiger partial charge in [0.1, 0.15) is 11.9 Å². The first kappa shape index (κ1) is 11.0. The molecule has 3 heteroatoms. The molecule has 1 atom stereocenters. The Balaban J connectivity index is 1.97. The molecule has 0 saturated heterocycles. The standard InChI is InChI=1S/C15H13NO2/c17-13-5-6-14(11-7-9-16-10-8-11)18-15-4-2-1-3-12(13)15/h1-4,7-10,14H,5-6H2. The molecule has 3 rings (SSSR count). The molecule has 3 nitrogen and oxygen atoms in total. The second-order valence-electron chi connectivity index (χ2n) is 4.35. The van der Waals surface area contributed by atoms with Crippen molar-refractivity contribution in [1.82, 2.24) is 4.98 Å². The second kappa shape index (κ2) is 4.61. The number of ketones is 1. The third kappa shape index (κ3) is 1.99. The SMILES string of the molecule is O=C1CCC(c2ccncc2)Oc2ccccc21. The number of fused-ring (bicyclic) bond motifs is 1. The lowest BCUT2D eigenvalue weighted by Gasteiger charge is -2.17. The summed E-state index contributed by atoms with van der Waals surface area (Å²) < 4.78 is 5.96. The van der Waals surface area contributed by atoms with Crippen molar-refractivity contribution in [3.05, 3.63) is 59.9 Å². The molecule has 0 bridgehead atoms. The van der Waals surface area contributed by atoms with Crippen molar-refractivity contribution < 1.29 is 9.53 Å². The normalized spacial score (nSPS) is 18.7. The molecule has 1 aromatic heterocycles. The van der Waals surface area contributed by atoms with E-state index in [2.05, 4.69) is 4.98 Å². The van der Waals surface area contributed by atoms with E-state index in [1.807, 2.05) is 36.4 Å². The topological polar surface area (TPSA) is 39.2 Å². The number of para-hydroxylation sites is 1. The number of benzene rings is 1. The van der Waals surface area contributed by atoms with Gasteiger partial charge in [-0.3, -0.25) is 9.78 Å². The van der Waals surface area contributed by atoms with E-state index in [0.29, 0.717) is 24.2 Å². The average molecular weight is 239 g/mol. The maximum Gasteiger partial charge on any atom is 0.166 e. The highest BCUT2D eigenvalue weighted by Crippen LogP contribution is 2.32. The molecule has 0 spiro atoms. The summed E-state index contributed by atoms with van der Waals surface area (Å²) in [7, 11) is 0. The van der Waals surface area contributed by atoms with E-state index in [-0.39, 0.29) is 11.9 Å². The Bertz CT molecular complexity index is 566. The van der Waals surface area contributed by atoms with E-state index in [0.717, 1.165) is 5.56 Å². The van der Waals surface area contributed by atoms with Crippen LogP contribution in [0.2, 0.25) is 0 Å². The summed E-state index contributed by atoms with van der Waals surface area (Å²) in [6, 6.07) is 11.3. The monoisotopic (exact) mass is 239 g/mol. The Morgan fingerprint density at radius 3 is 2.72 bits per heavy atom. The molecule has 1 aromatic carbocycles. The fraction of sp³-hybridized carbons (Fsp3) is 0.200. The summed E-state index contributed by atoms with van der Waals surface area (Å²) in [5, 5.41) is 0. The Labute approximate surface area is 105 Å². The van der Waals surface area contributed by atoms with Gasteiger partial charge in [0.2, 0.25) is 0 Å². The highest BCUT2D eigenvalue weighted by molar-refractivity contribution is 5.98. The summed E-state index contributed by atoms with van der Waals surface area (Å²) in [4.78, 5) is 16.0. The molecule has 0 aliphatic carbocycles. The molecule has 1 aliphatic heterocycles. The highest BCUT2D eigenvalue weighted by atomic mass is 16.5. The predicted octanol–water partition coefficient (Wildman–Crippen LogP) is 3.18. The predicted molar refractivity (Wildman–Crippen MR) is 67.6 cm³/mol. The average Bonchev–Trinajstić information content (AvgIpc) is 2.60. The van der Waals surface area contributed by atoms with Gasteiger partial charge in [0.15, 0.2) is 5.78 Å². The number of aromatic nitrogens is 1. The molecule has 2 heterocycles. The van der Waals surface area contributed by atoms with Crippen LogP contribution in [0.3, 0.4) is 0 Å². The summed E-state index contributed by atoms with van der Waals surface area (Å²) >= 11 is 0. The van der Waals surface area contributed by atoms with Gasteiger partial charge in [0.25, 0.3) is 0 Å². The molecule has 0 N–H and O–H groups in total. The van der Waals surface area contributed by atoms with Gasteiger partial charge < -0.3 is 4.74 Å². The van der Waals surface area contributed by atoms with Crippen molar-refractivity contribution in [2.75, 3.05) is 0 Å². The molecule has 90 valence electrons. The number of rotatable bonds is 1. The third-order valence-corrected chi connectivity index (χ3v) is 3.17. The smallest absolute Gasteiger partial charge is 0.166 e. The maximum absolute atomic E-state index is 12.0. The van der Waals surface area contributed by atoms with Gasteiger partial charge in [-0.1, -0.05) is 12.1 Å². The summed E-state index contributed by atoms with van der Waals surface area (Å²) in [5.74, 6) is 0.837. The first-order valence-corrected chi connectivity index (χ1v) is 6.03. The fourth-order valence-electron chi connectivity index (χ4n) is 2.22. The van der Waals surface area contributed by atoms with E-state index >= 15 is 0 Å². The minimum absolute atomic E-state index is 0.0689. The number of Topliss-reactive ketones (excluding diaryl/α,β-unsaturated/α-hetero) is 1. The highest BCUT2D eigenvalue weighted by Gasteiger charge is 2.23. The Morgan fingerprint density at radius 1 is 1.11 bits per heavy atom. The number of carbonyl (C=O) groups excluding carboxylic acids is 1. The molecule has 0 radical (unpaired) electrons. The van der Waals surface area contributed by atoms with Crippen molar-refractivity contribution in [2.45, 2.75) is 18.9 Å². The minimum Gasteiger partial charge on any atom is -0.485 e. The Kier molecular flexibility index (Phi) is 2.81. The van der Waals surface area contributed by atoms with E-state index in [4.69, 9.17) is 4.74 Å². The number of hydrogen-bond donors (Lipinski definition) is 0. The molecule has 0 saturated carbocycles. The van der Waals surface area contributed by atoms with Crippen molar-refractivity contribution in [3.8, 4) is 5.75 Å². The van der Waals surface area contributed by atoms with Crippen LogP contribution >= 0.6 is 0 Å². The first-order chi connectivity index (χ1) is 8.84. The largest absolute Gasteiger partial charge is 0.485 e. The van der Waals surface area contributed by atoms with Crippen LogP contribution in [-0.4, -0.2) is 10.8 Å². The van der Waals surface area contributed by atoms with Gasteiger partial charge >= 0.3 is 0 Å². The number of nitrogens with zero attached hydrogens (tertiary/aromatic N) is 1. The van der Waals surface area contributed by atoms with Gasteiger partial charge in [-0.25, -0.2) is 0 Å². The van der Waals surface area contributed by atoms with E-state index < -0.39 is 0 Å². The van der Waals surface area contributed by atoms with Crippen LogP contribution in [0.15, 0.2) is 48.8 Å². The number of hydrogen-bond acceptors (Lipinski definition) is 3. The van der Waals surface area contributed by atoms with E-state index in [1.165, 1.54) is 0 Å². The van der Waals surface area contributed by atoms with Crippen LogP contribution in [0, 0.1) is 0 Å². The molecule has 0 fully saturated rings. The lowest BCUT2D eigenvalue weighted by molar-refractivity contribution is 0.0977. The van der Waals surface area contributed by atoms with Gasteiger partial charge in [0, 0.05) is 18.8 Å². The molecular weight excluding hydrogens is 226 g/mol. The van der Waals surface area contributed by atoms with Crippen LogP contribution in [0.25, 0.3) is 0 Å². The molecule has 18 heavy (non-hydrogen) atoms. The number of ether oxygens (including phenoxy) is 1. The van der Waals surface area contributed by atoms with Crippen molar-refractivity contribution >= 4 is 5.78 Å². The van der Waals surface area contributed by atoms with Gasteiger partial charge in [-0.15, -0.1) is 0 Å². The summed E-state index contributed by atoms with van der Waals surface area (Å²) in [6.45, 7) is 0. The van der Waals surface area contributed by atoms with Crippen LogP contribution < -0.4 is 4.74 Å².